The summed E-state index contributed by atoms with van der Waals surface area (Å²) in [5, 5.41) is 9.45. The smallest absolute Gasteiger partial charge is 0.161 e. The highest BCUT2D eigenvalue weighted by atomic mass is 35.5. The van der Waals surface area contributed by atoms with E-state index in [-0.39, 0.29) is 11.8 Å². The molecule has 0 bridgehead atoms. The van der Waals surface area contributed by atoms with Crippen LogP contribution < -0.4 is 9.64 Å². The van der Waals surface area contributed by atoms with Crippen molar-refractivity contribution in [1.82, 2.24) is 14.9 Å². The normalized spacial score (nSPS) is 16.9. The molecule has 3 rings (SSSR count). The molecule has 0 radical (unpaired) electrons. The molecule has 1 unspecified atom stereocenters. The first kappa shape index (κ1) is 17.5. The Balaban J connectivity index is 1.65. The van der Waals surface area contributed by atoms with Gasteiger partial charge >= 0.3 is 0 Å². The fourth-order valence-electron chi connectivity index (χ4n) is 2.85. The summed E-state index contributed by atoms with van der Waals surface area (Å²) in [7, 11) is 4.03. The molecule has 1 fully saturated rings. The van der Waals surface area contributed by atoms with Crippen LogP contribution in [0.5, 0.6) is 5.75 Å². The van der Waals surface area contributed by atoms with Gasteiger partial charge in [-0.15, -0.1) is 0 Å². The summed E-state index contributed by atoms with van der Waals surface area (Å²) < 4.78 is 6.11. The first-order valence-corrected chi connectivity index (χ1v) is 8.51. The molecule has 2 aromatic heterocycles. The van der Waals surface area contributed by atoms with E-state index in [2.05, 4.69) is 19.8 Å². The lowest BCUT2D eigenvalue weighted by Crippen LogP contribution is -2.25. The van der Waals surface area contributed by atoms with Crippen molar-refractivity contribution in [3.05, 3.63) is 46.9 Å². The molecule has 1 saturated heterocycles. The summed E-state index contributed by atoms with van der Waals surface area (Å²) in [5.74, 6) is 1.59. The Morgan fingerprint density at radius 1 is 1.40 bits per heavy atom. The molecule has 7 heteroatoms. The zero-order chi connectivity index (χ0) is 17.8. The molecule has 3 heterocycles. The van der Waals surface area contributed by atoms with Crippen molar-refractivity contribution in [2.45, 2.75) is 19.1 Å². The highest BCUT2D eigenvalue weighted by Crippen LogP contribution is 2.24. The Morgan fingerprint density at radius 2 is 2.24 bits per heavy atom. The standard InChI is InChI=1S/C18H20ClN5O/c1-23(2)11-13-9-14(5-7-21-13)25-15-6-8-24(12-15)18-4-3-16(19)17(10-20)22-18/h3-5,7,9,15H,6,8,11-12H2,1-2H3. The predicted octanol–water partition coefficient (Wildman–Crippen LogP) is 2.72. The van der Waals surface area contributed by atoms with Gasteiger partial charge < -0.3 is 14.5 Å². The molecule has 0 aromatic carbocycles. The Kier molecular flexibility index (Phi) is 5.37. The van der Waals surface area contributed by atoms with Crippen LogP contribution in [0.2, 0.25) is 5.02 Å². The van der Waals surface area contributed by atoms with E-state index in [0.717, 1.165) is 43.3 Å². The van der Waals surface area contributed by atoms with Gasteiger partial charge in [-0.25, -0.2) is 4.98 Å². The Hall–Kier alpha value is -2.36. The van der Waals surface area contributed by atoms with Gasteiger partial charge in [-0.3, -0.25) is 4.98 Å². The molecule has 130 valence electrons. The van der Waals surface area contributed by atoms with Gasteiger partial charge in [0.15, 0.2) is 5.69 Å². The quantitative estimate of drug-likeness (QED) is 0.819. The minimum absolute atomic E-state index is 0.0811. The Morgan fingerprint density at radius 3 is 3.00 bits per heavy atom. The third-order valence-electron chi connectivity index (χ3n) is 3.98. The molecule has 0 aliphatic carbocycles. The summed E-state index contributed by atoms with van der Waals surface area (Å²) in [4.78, 5) is 12.9. The third kappa shape index (κ3) is 4.38. The number of ether oxygens (including phenoxy) is 1. The van der Waals surface area contributed by atoms with Crippen molar-refractivity contribution >= 4 is 17.4 Å². The number of hydrogen-bond donors (Lipinski definition) is 0. The summed E-state index contributed by atoms with van der Waals surface area (Å²) >= 11 is 5.95. The predicted molar refractivity (Wildman–Crippen MR) is 96.8 cm³/mol. The second-order valence-electron chi connectivity index (χ2n) is 6.31. The van der Waals surface area contributed by atoms with E-state index < -0.39 is 0 Å². The first-order chi connectivity index (χ1) is 12.0. The number of halogens is 1. The van der Waals surface area contributed by atoms with Crippen molar-refractivity contribution in [3.8, 4) is 11.8 Å². The van der Waals surface area contributed by atoms with E-state index in [1.807, 2.05) is 38.4 Å². The van der Waals surface area contributed by atoms with Gasteiger partial charge in [0.05, 0.1) is 17.3 Å². The minimum atomic E-state index is 0.0811. The maximum Gasteiger partial charge on any atom is 0.161 e. The highest BCUT2D eigenvalue weighted by molar-refractivity contribution is 6.31. The van der Waals surface area contributed by atoms with E-state index in [1.165, 1.54) is 0 Å². The van der Waals surface area contributed by atoms with Crippen LogP contribution in [0.25, 0.3) is 0 Å². The molecular weight excluding hydrogens is 338 g/mol. The average molecular weight is 358 g/mol. The third-order valence-corrected chi connectivity index (χ3v) is 4.28. The van der Waals surface area contributed by atoms with Crippen LogP contribution in [-0.2, 0) is 6.54 Å². The zero-order valence-electron chi connectivity index (χ0n) is 14.3. The largest absolute Gasteiger partial charge is 0.488 e. The fourth-order valence-corrected chi connectivity index (χ4v) is 3.00. The molecule has 1 aliphatic rings. The van der Waals surface area contributed by atoms with E-state index in [1.54, 1.807) is 12.3 Å². The van der Waals surface area contributed by atoms with E-state index in [4.69, 9.17) is 21.6 Å². The minimum Gasteiger partial charge on any atom is -0.488 e. The van der Waals surface area contributed by atoms with Crippen molar-refractivity contribution < 1.29 is 4.74 Å². The number of hydrogen-bond acceptors (Lipinski definition) is 6. The Labute approximate surface area is 152 Å². The molecule has 25 heavy (non-hydrogen) atoms. The van der Waals surface area contributed by atoms with Gasteiger partial charge in [-0.2, -0.15) is 5.26 Å². The summed E-state index contributed by atoms with van der Waals surface area (Å²) in [5.41, 5.74) is 1.24. The number of aromatic nitrogens is 2. The second kappa shape index (κ2) is 7.68. The monoisotopic (exact) mass is 357 g/mol. The lowest BCUT2D eigenvalue weighted by Gasteiger charge is -2.18. The molecule has 6 nitrogen and oxygen atoms in total. The molecule has 2 aromatic rings. The van der Waals surface area contributed by atoms with Crippen molar-refractivity contribution in [2.24, 2.45) is 0 Å². The van der Waals surface area contributed by atoms with Crippen LogP contribution >= 0.6 is 11.6 Å². The molecule has 0 saturated carbocycles. The number of anilines is 1. The lowest BCUT2D eigenvalue weighted by atomic mass is 10.3. The first-order valence-electron chi connectivity index (χ1n) is 8.13. The van der Waals surface area contributed by atoms with E-state index in [0.29, 0.717) is 5.02 Å². The molecule has 1 aliphatic heterocycles. The molecule has 0 N–H and O–H groups in total. The van der Waals surface area contributed by atoms with Crippen molar-refractivity contribution in [1.29, 1.82) is 5.26 Å². The van der Waals surface area contributed by atoms with Gasteiger partial charge in [-0.05, 0) is 32.3 Å². The van der Waals surface area contributed by atoms with Crippen LogP contribution in [0, 0.1) is 11.3 Å². The van der Waals surface area contributed by atoms with Gasteiger partial charge in [0.2, 0.25) is 0 Å². The van der Waals surface area contributed by atoms with E-state index in [9.17, 15) is 0 Å². The fraction of sp³-hybridized carbons (Fsp3) is 0.389. The number of pyridine rings is 2. The summed E-state index contributed by atoms with van der Waals surface area (Å²) in [6, 6.07) is 9.44. The molecule has 0 spiro atoms. The molecule has 0 amide bonds. The number of rotatable bonds is 5. The Bertz CT molecular complexity index is 789. The average Bonchev–Trinajstić information content (AvgIpc) is 3.03. The summed E-state index contributed by atoms with van der Waals surface area (Å²) in [6.45, 7) is 2.34. The topological polar surface area (TPSA) is 65.3 Å². The summed E-state index contributed by atoms with van der Waals surface area (Å²) in [6.07, 6.45) is 2.76. The maximum atomic E-state index is 9.07. The van der Waals surface area contributed by atoms with Crippen LogP contribution in [0.4, 0.5) is 5.82 Å². The number of nitrogens with zero attached hydrogens (tertiary/aromatic N) is 5. The van der Waals surface area contributed by atoms with Gasteiger partial charge in [-0.1, -0.05) is 11.6 Å². The van der Waals surface area contributed by atoms with Crippen LogP contribution in [-0.4, -0.2) is 48.2 Å². The SMILES string of the molecule is CN(C)Cc1cc(OC2CCN(c3ccc(Cl)c(C#N)n3)C2)ccn1. The zero-order valence-corrected chi connectivity index (χ0v) is 15.1. The second-order valence-corrected chi connectivity index (χ2v) is 6.71. The van der Waals surface area contributed by atoms with Crippen molar-refractivity contribution in [3.63, 3.8) is 0 Å². The van der Waals surface area contributed by atoms with E-state index >= 15 is 0 Å². The van der Waals surface area contributed by atoms with Gasteiger partial charge in [0, 0.05) is 31.8 Å². The number of nitriles is 1. The van der Waals surface area contributed by atoms with Crippen LogP contribution in [0.15, 0.2) is 30.5 Å². The molecular formula is C18H20ClN5O. The van der Waals surface area contributed by atoms with Crippen molar-refractivity contribution in [2.75, 3.05) is 32.1 Å². The van der Waals surface area contributed by atoms with Crippen LogP contribution in [0.1, 0.15) is 17.8 Å². The maximum absolute atomic E-state index is 9.07. The molecule has 1 atom stereocenters. The van der Waals surface area contributed by atoms with Gasteiger partial charge in [0.1, 0.15) is 23.7 Å². The lowest BCUT2D eigenvalue weighted by molar-refractivity contribution is 0.224. The highest BCUT2D eigenvalue weighted by Gasteiger charge is 2.25. The van der Waals surface area contributed by atoms with Crippen LogP contribution in [0.3, 0.4) is 0 Å². The van der Waals surface area contributed by atoms with Gasteiger partial charge in [0.25, 0.3) is 0 Å².